The summed E-state index contributed by atoms with van der Waals surface area (Å²) in [7, 11) is 1.95. The lowest BCUT2D eigenvalue weighted by Crippen LogP contribution is -2.10. The lowest BCUT2D eigenvalue weighted by molar-refractivity contribution is 0.928. The molecule has 0 spiro atoms. The number of nitrogen functional groups attached to an aromatic ring is 1. The molecular formula is C12H18N2. The zero-order valence-corrected chi connectivity index (χ0v) is 8.88. The first kappa shape index (κ1) is 10.8. The number of para-hydroxylation sites is 1. The van der Waals surface area contributed by atoms with Gasteiger partial charge in [-0.2, -0.15) is 0 Å². The van der Waals surface area contributed by atoms with E-state index in [0.29, 0.717) is 0 Å². The van der Waals surface area contributed by atoms with Crippen molar-refractivity contribution in [1.82, 2.24) is 5.32 Å². The Morgan fingerprint density at radius 2 is 2.14 bits per heavy atom. The van der Waals surface area contributed by atoms with Crippen LogP contribution < -0.4 is 11.1 Å². The van der Waals surface area contributed by atoms with Gasteiger partial charge in [-0.3, -0.25) is 0 Å². The van der Waals surface area contributed by atoms with Gasteiger partial charge >= 0.3 is 0 Å². The van der Waals surface area contributed by atoms with Gasteiger partial charge in [-0.1, -0.05) is 31.2 Å². The van der Waals surface area contributed by atoms with Crippen LogP contribution in [0.5, 0.6) is 0 Å². The highest BCUT2D eigenvalue weighted by atomic mass is 14.8. The number of nitrogens with two attached hydrogens (primary N) is 1. The standard InChI is InChI=1S/C12H18N2/c1-3-6-10(9-14-2)11-7-4-5-8-12(11)13/h4-8,14H,3,9,13H2,1-2H3/b10-6-. The fourth-order valence-electron chi connectivity index (χ4n) is 1.50. The van der Waals surface area contributed by atoms with Crippen LogP contribution in [0.25, 0.3) is 5.57 Å². The van der Waals surface area contributed by atoms with Crippen molar-refractivity contribution in [2.75, 3.05) is 19.3 Å². The first-order valence-corrected chi connectivity index (χ1v) is 4.98. The highest BCUT2D eigenvalue weighted by Gasteiger charge is 2.02. The molecule has 0 fully saturated rings. The highest BCUT2D eigenvalue weighted by Crippen LogP contribution is 2.20. The number of nitrogens with one attached hydrogen (secondary N) is 1. The molecule has 0 radical (unpaired) electrons. The van der Waals surface area contributed by atoms with Crippen molar-refractivity contribution in [2.24, 2.45) is 0 Å². The molecule has 0 aliphatic rings. The molecule has 1 aromatic carbocycles. The fraction of sp³-hybridized carbons (Fsp3) is 0.333. The maximum absolute atomic E-state index is 5.91. The smallest absolute Gasteiger partial charge is 0.0390 e. The maximum atomic E-state index is 5.91. The first-order chi connectivity index (χ1) is 6.79. The molecule has 0 bridgehead atoms. The molecular weight excluding hydrogens is 172 g/mol. The molecule has 3 N–H and O–H groups in total. The molecule has 0 heterocycles. The summed E-state index contributed by atoms with van der Waals surface area (Å²) in [5.74, 6) is 0. The summed E-state index contributed by atoms with van der Waals surface area (Å²) in [5.41, 5.74) is 9.18. The minimum Gasteiger partial charge on any atom is -0.398 e. The van der Waals surface area contributed by atoms with Gasteiger partial charge in [0.1, 0.15) is 0 Å². The molecule has 0 saturated heterocycles. The molecule has 2 nitrogen and oxygen atoms in total. The zero-order chi connectivity index (χ0) is 10.4. The van der Waals surface area contributed by atoms with E-state index in [0.717, 1.165) is 24.2 Å². The van der Waals surface area contributed by atoms with Crippen molar-refractivity contribution in [3.63, 3.8) is 0 Å². The third-order valence-electron chi connectivity index (χ3n) is 2.12. The van der Waals surface area contributed by atoms with Gasteiger partial charge in [-0.25, -0.2) is 0 Å². The number of anilines is 1. The molecule has 1 aromatic rings. The van der Waals surface area contributed by atoms with Crippen molar-refractivity contribution in [3.8, 4) is 0 Å². The Kier molecular flexibility index (Phi) is 4.20. The summed E-state index contributed by atoms with van der Waals surface area (Å²) in [5, 5.41) is 3.15. The summed E-state index contributed by atoms with van der Waals surface area (Å²) < 4.78 is 0. The van der Waals surface area contributed by atoms with Gasteiger partial charge in [0.2, 0.25) is 0 Å². The lowest BCUT2D eigenvalue weighted by Gasteiger charge is -2.09. The van der Waals surface area contributed by atoms with Crippen molar-refractivity contribution in [3.05, 3.63) is 35.9 Å². The Bertz CT molecular complexity index is 316. The molecule has 0 aliphatic carbocycles. The van der Waals surface area contributed by atoms with Crippen LogP contribution in [0.15, 0.2) is 30.3 Å². The summed E-state index contributed by atoms with van der Waals surface area (Å²) in [6.45, 7) is 3.00. The number of hydrogen-bond acceptors (Lipinski definition) is 2. The quantitative estimate of drug-likeness (QED) is 0.715. The van der Waals surface area contributed by atoms with Crippen LogP contribution in [-0.2, 0) is 0 Å². The highest BCUT2D eigenvalue weighted by molar-refractivity contribution is 5.75. The number of benzene rings is 1. The predicted molar refractivity (Wildman–Crippen MR) is 63.0 cm³/mol. The van der Waals surface area contributed by atoms with Crippen molar-refractivity contribution < 1.29 is 0 Å². The molecule has 0 atom stereocenters. The van der Waals surface area contributed by atoms with E-state index >= 15 is 0 Å². The zero-order valence-electron chi connectivity index (χ0n) is 8.88. The SMILES string of the molecule is CC/C=C(/CNC)c1ccccc1N. The second-order valence-corrected chi connectivity index (χ2v) is 3.26. The van der Waals surface area contributed by atoms with Gasteiger partial charge in [-0.05, 0) is 25.1 Å². The van der Waals surface area contributed by atoms with E-state index in [4.69, 9.17) is 5.73 Å². The van der Waals surface area contributed by atoms with Crippen LogP contribution in [0, 0.1) is 0 Å². The molecule has 14 heavy (non-hydrogen) atoms. The monoisotopic (exact) mass is 190 g/mol. The van der Waals surface area contributed by atoms with E-state index in [9.17, 15) is 0 Å². The van der Waals surface area contributed by atoms with Gasteiger partial charge < -0.3 is 11.1 Å². The Hall–Kier alpha value is -1.28. The number of allylic oxidation sites excluding steroid dienone is 1. The van der Waals surface area contributed by atoms with E-state index in [1.807, 2.05) is 25.2 Å². The normalized spacial score (nSPS) is 11.7. The van der Waals surface area contributed by atoms with E-state index < -0.39 is 0 Å². The van der Waals surface area contributed by atoms with Crippen LogP contribution in [-0.4, -0.2) is 13.6 Å². The van der Waals surface area contributed by atoms with Crippen LogP contribution in [0.3, 0.4) is 0 Å². The Morgan fingerprint density at radius 1 is 1.43 bits per heavy atom. The molecule has 2 heteroatoms. The van der Waals surface area contributed by atoms with Gasteiger partial charge in [0.25, 0.3) is 0 Å². The number of likely N-dealkylation sites (N-methyl/N-ethyl adjacent to an activating group) is 1. The molecule has 0 unspecified atom stereocenters. The Morgan fingerprint density at radius 3 is 2.71 bits per heavy atom. The molecule has 0 saturated carbocycles. The van der Waals surface area contributed by atoms with E-state index in [-0.39, 0.29) is 0 Å². The number of hydrogen-bond donors (Lipinski definition) is 2. The van der Waals surface area contributed by atoms with Crippen molar-refractivity contribution in [2.45, 2.75) is 13.3 Å². The minimum atomic E-state index is 0.849. The second-order valence-electron chi connectivity index (χ2n) is 3.26. The summed E-state index contributed by atoms with van der Waals surface area (Å²) in [6.07, 6.45) is 3.24. The average Bonchev–Trinajstić information content (AvgIpc) is 2.18. The Balaban J connectivity index is 2.99. The van der Waals surface area contributed by atoms with Crippen LogP contribution in [0.2, 0.25) is 0 Å². The molecule has 1 rings (SSSR count). The average molecular weight is 190 g/mol. The van der Waals surface area contributed by atoms with E-state index in [1.54, 1.807) is 0 Å². The Labute approximate surface area is 85.8 Å². The summed E-state index contributed by atoms with van der Waals surface area (Å²) >= 11 is 0. The van der Waals surface area contributed by atoms with Crippen molar-refractivity contribution >= 4 is 11.3 Å². The molecule has 0 amide bonds. The minimum absolute atomic E-state index is 0.849. The largest absolute Gasteiger partial charge is 0.398 e. The van der Waals surface area contributed by atoms with Gasteiger partial charge in [0.15, 0.2) is 0 Å². The summed E-state index contributed by atoms with van der Waals surface area (Å²) in [4.78, 5) is 0. The first-order valence-electron chi connectivity index (χ1n) is 4.98. The predicted octanol–water partition coefficient (Wildman–Crippen LogP) is 2.28. The summed E-state index contributed by atoms with van der Waals surface area (Å²) in [6, 6.07) is 7.98. The third-order valence-corrected chi connectivity index (χ3v) is 2.12. The van der Waals surface area contributed by atoms with Gasteiger partial charge in [0.05, 0.1) is 0 Å². The second kappa shape index (κ2) is 5.45. The van der Waals surface area contributed by atoms with E-state index in [1.165, 1.54) is 5.57 Å². The van der Waals surface area contributed by atoms with Gasteiger partial charge in [0, 0.05) is 17.8 Å². The fourth-order valence-corrected chi connectivity index (χ4v) is 1.50. The third kappa shape index (κ3) is 2.60. The molecule has 76 valence electrons. The van der Waals surface area contributed by atoms with Crippen LogP contribution in [0.4, 0.5) is 5.69 Å². The van der Waals surface area contributed by atoms with Crippen LogP contribution >= 0.6 is 0 Å². The van der Waals surface area contributed by atoms with Crippen molar-refractivity contribution in [1.29, 1.82) is 0 Å². The lowest BCUT2D eigenvalue weighted by atomic mass is 10.0. The number of rotatable bonds is 4. The topological polar surface area (TPSA) is 38.0 Å². The van der Waals surface area contributed by atoms with Crippen LogP contribution in [0.1, 0.15) is 18.9 Å². The van der Waals surface area contributed by atoms with E-state index in [2.05, 4.69) is 24.4 Å². The maximum Gasteiger partial charge on any atom is 0.0390 e. The molecule has 0 aromatic heterocycles. The van der Waals surface area contributed by atoms with Gasteiger partial charge in [-0.15, -0.1) is 0 Å². The molecule has 0 aliphatic heterocycles.